The van der Waals surface area contributed by atoms with E-state index in [2.05, 4.69) is 43.9 Å². The van der Waals surface area contributed by atoms with Gasteiger partial charge in [-0.1, -0.05) is 18.2 Å². The number of anilines is 1. The summed E-state index contributed by atoms with van der Waals surface area (Å²) in [6.45, 7) is 7.06. The predicted molar refractivity (Wildman–Crippen MR) is 127 cm³/mol. The zero-order chi connectivity index (χ0) is 22.3. The van der Waals surface area contributed by atoms with Crippen LogP contribution in [0.25, 0.3) is 11.2 Å². The van der Waals surface area contributed by atoms with Gasteiger partial charge in [0.25, 0.3) is 0 Å². The summed E-state index contributed by atoms with van der Waals surface area (Å²) in [4.78, 5) is 20.0. The molecule has 3 heterocycles. The van der Waals surface area contributed by atoms with E-state index in [4.69, 9.17) is 10.7 Å². The lowest BCUT2D eigenvalue weighted by Crippen LogP contribution is -2.44. The fraction of sp³-hybridized carbons (Fsp3) is 0.458. The number of benzene rings is 1. The van der Waals surface area contributed by atoms with Gasteiger partial charge in [0, 0.05) is 38.9 Å². The second-order valence-corrected chi connectivity index (χ2v) is 8.48. The quantitative estimate of drug-likeness (QED) is 0.500. The second kappa shape index (κ2) is 10.6. The molecule has 1 fully saturated rings. The lowest BCUT2D eigenvalue weighted by atomic mass is 10.1. The molecule has 0 saturated carbocycles. The van der Waals surface area contributed by atoms with Crippen molar-refractivity contribution in [1.82, 2.24) is 24.8 Å². The summed E-state index contributed by atoms with van der Waals surface area (Å²) in [7, 11) is 2.16. The van der Waals surface area contributed by atoms with Crippen molar-refractivity contribution in [2.24, 2.45) is 5.73 Å². The van der Waals surface area contributed by atoms with Crippen LogP contribution in [0.5, 0.6) is 0 Å². The van der Waals surface area contributed by atoms with Crippen molar-refractivity contribution in [3.8, 4) is 6.07 Å². The number of fused-ring (bicyclic) bond motifs is 1. The van der Waals surface area contributed by atoms with Crippen molar-refractivity contribution in [1.29, 1.82) is 5.26 Å². The first-order valence-electron chi connectivity index (χ1n) is 11.4. The third-order valence-electron chi connectivity index (χ3n) is 6.10. The van der Waals surface area contributed by atoms with Crippen molar-refractivity contribution >= 4 is 16.9 Å². The standard InChI is InChI=1S/C24H32N8/c1-30-12-14-32(15-13-30)21-8-10-27-24-23(21)28-22(29-24)18-31(11-5-4-9-25)17-20-7-3-2-6-19(20)16-26/h2-3,6-8,10H,4-5,9,11-15,17-18,25H2,1H3,(H,27,28,29). The van der Waals surface area contributed by atoms with Gasteiger partial charge < -0.3 is 20.5 Å². The van der Waals surface area contributed by atoms with Crippen molar-refractivity contribution < 1.29 is 0 Å². The highest BCUT2D eigenvalue weighted by atomic mass is 15.3. The van der Waals surface area contributed by atoms with Crippen LogP contribution in [0.3, 0.4) is 0 Å². The Bertz CT molecular complexity index is 1060. The monoisotopic (exact) mass is 432 g/mol. The van der Waals surface area contributed by atoms with E-state index in [9.17, 15) is 5.26 Å². The highest BCUT2D eigenvalue weighted by molar-refractivity contribution is 5.86. The van der Waals surface area contributed by atoms with E-state index in [0.717, 1.165) is 73.7 Å². The smallest absolute Gasteiger partial charge is 0.179 e. The number of aromatic amines is 1. The third-order valence-corrected chi connectivity index (χ3v) is 6.10. The molecule has 0 radical (unpaired) electrons. The summed E-state index contributed by atoms with van der Waals surface area (Å²) in [6.07, 6.45) is 3.84. The Morgan fingerprint density at radius 2 is 1.94 bits per heavy atom. The number of likely N-dealkylation sites (N-methyl/N-ethyl adjacent to an activating group) is 1. The number of piperazine rings is 1. The van der Waals surface area contributed by atoms with Gasteiger partial charge in [0.05, 0.1) is 23.9 Å². The maximum absolute atomic E-state index is 9.48. The van der Waals surface area contributed by atoms with E-state index >= 15 is 0 Å². The number of pyridine rings is 1. The number of nitriles is 1. The largest absolute Gasteiger partial charge is 0.367 e. The van der Waals surface area contributed by atoms with Crippen LogP contribution < -0.4 is 10.6 Å². The minimum atomic E-state index is 0.670. The fourth-order valence-electron chi connectivity index (χ4n) is 4.25. The number of H-pyrrole nitrogens is 1. The molecule has 0 atom stereocenters. The van der Waals surface area contributed by atoms with Gasteiger partial charge >= 0.3 is 0 Å². The van der Waals surface area contributed by atoms with E-state index in [0.29, 0.717) is 19.6 Å². The SMILES string of the molecule is CN1CCN(c2ccnc3nc(CN(CCCCN)Cc4ccccc4C#N)[nH]c23)CC1. The van der Waals surface area contributed by atoms with Gasteiger partial charge in [-0.3, -0.25) is 4.90 Å². The van der Waals surface area contributed by atoms with E-state index in [1.54, 1.807) is 0 Å². The Hall–Kier alpha value is -2.99. The molecule has 168 valence electrons. The Morgan fingerprint density at radius 3 is 2.72 bits per heavy atom. The Labute approximate surface area is 189 Å². The van der Waals surface area contributed by atoms with Crippen LogP contribution in [0, 0.1) is 11.3 Å². The van der Waals surface area contributed by atoms with Gasteiger partial charge in [-0.25, -0.2) is 9.97 Å². The van der Waals surface area contributed by atoms with Crippen molar-refractivity contribution in [3.63, 3.8) is 0 Å². The van der Waals surface area contributed by atoms with Crippen LogP contribution in [0.4, 0.5) is 5.69 Å². The molecule has 1 aliphatic heterocycles. The highest BCUT2D eigenvalue weighted by Gasteiger charge is 2.19. The third kappa shape index (κ3) is 5.25. The molecular weight excluding hydrogens is 400 g/mol. The van der Waals surface area contributed by atoms with Crippen molar-refractivity contribution in [3.05, 3.63) is 53.5 Å². The summed E-state index contributed by atoms with van der Waals surface area (Å²) < 4.78 is 0. The summed E-state index contributed by atoms with van der Waals surface area (Å²) in [5, 5.41) is 9.48. The Morgan fingerprint density at radius 1 is 1.12 bits per heavy atom. The first kappa shape index (κ1) is 22.2. The molecule has 0 amide bonds. The van der Waals surface area contributed by atoms with E-state index in [-0.39, 0.29) is 0 Å². The Kier molecular flexibility index (Phi) is 7.32. The summed E-state index contributed by atoms with van der Waals surface area (Å²) >= 11 is 0. The molecular formula is C24H32N8. The number of hydrogen-bond acceptors (Lipinski definition) is 7. The van der Waals surface area contributed by atoms with Gasteiger partial charge in [0.2, 0.25) is 0 Å². The first-order chi connectivity index (χ1) is 15.7. The second-order valence-electron chi connectivity index (χ2n) is 8.48. The molecule has 1 aromatic carbocycles. The summed E-state index contributed by atoms with van der Waals surface area (Å²) in [5.41, 5.74) is 10.4. The maximum Gasteiger partial charge on any atom is 0.179 e. The molecule has 0 spiro atoms. The average molecular weight is 433 g/mol. The lowest BCUT2D eigenvalue weighted by molar-refractivity contribution is 0.246. The first-order valence-corrected chi connectivity index (χ1v) is 11.4. The minimum Gasteiger partial charge on any atom is -0.367 e. The number of rotatable bonds is 9. The Balaban J connectivity index is 1.55. The van der Waals surface area contributed by atoms with Crippen LogP contribution in [0.15, 0.2) is 36.5 Å². The van der Waals surface area contributed by atoms with Gasteiger partial charge in [-0.05, 0) is 50.7 Å². The van der Waals surface area contributed by atoms with Crippen LogP contribution in [0.2, 0.25) is 0 Å². The van der Waals surface area contributed by atoms with Crippen molar-refractivity contribution in [2.45, 2.75) is 25.9 Å². The lowest BCUT2D eigenvalue weighted by Gasteiger charge is -2.34. The molecule has 4 rings (SSSR count). The molecule has 3 aromatic rings. The highest BCUT2D eigenvalue weighted by Crippen LogP contribution is 2.25. The molecule has 1 saturated heterocycles. The number of aromatic nitrogens is 3. The molecule has 8 nitrogen and oxygen atoms in total. The average Bonchev–Trinajstić information content (AvgIpc) is 3.22. The minimum absolute atomic E-state index is 0.670. The van der Waals surface area contributed by atoms with Crippen molar-refractivity contribution in [2.75, 3.05) is 51.2 Å². The zero-order valence-electron chi connectivity index (χ0n) is 18.8. The van der Waals surface area contributed by atoms with E-state index < -0.39 is 0 Å². The summed E-state index contributed by atoms with van der Waals surface area (Å²) in [5.74, 6) is 0.899. The maximum atomic E-state index is 9.48. The predicted octanol–water partition coefficient (Wildman–Crippen LogP) is 2.32. The topological polar surface area (TPSA) is 101 Å². The van der Waals surface area contributed by atoms with Crippen LogP contribution in [0.1, 0.15) is 29.8 Å². The molecule has 0 aliphatic carbocycles. The zero-order valence-corrected chi connectivity index (χ0v) is 18.8. The number of nitrogens with zero attached hydrogens (tertiary/aromatic N) is 6. The molecule has 0 bridgehead atoms. The van der Waals surface area contributed by atoms with Gasteiger partial charge in [0.15, 0.2) is 5.65 Å². The number of nitrogens with two attached hydrogens (primary N) is 1. The molecule has 3 N–H and O–H groups in total. The van der Waals surface area contributed by atoms with Crippen LogP contribution in [-0.2, 0) is 13.1 Å². The van der Waals surface area contributed by atoms with Crippen LogP contribution in [-0.4, -0.2) is 71.1 Å². The molecule has 0 unspecified atom stereocenters. The number of nitrogens with one attached hydrogen (secondary N) is 1. The number of imidazole rings is 1. The normalized spacial score (nSPS) is 14.9. The fourth-order valence-corrected chi connectivity index (χ4v) is 4.25. The number of unbranched alkanes of at least 4 members (excludes halogenated alkanes) is 1. The number of hydrogen-bond donors (Lipinski definition) is 2. The molecule has 8 heteroatoms. The molecule has 2 aromatic heterocycles. The van der Waals surface area contributed by atoms with Gasteiger partial charge in [-0.2, -0.15) is 5.26 Å². The van der Waals surface area contributed by atoms with Crippen LogP contribution >= 0.6 is 0 Å². The van der Waals surface area contributed by atoms with Gasteiger partial charge in [0.1, 0.15) is 11.3 Å². The van der Waals surface area contributed by atoms with E-state index in [1.807, 2.05) is 30.5 Å². The molecule has 32 heavy (non-hydrogen) atoms. The molecule has 1 aliphatic rings. The summed E-state index contributed by atoms with van der Waals surface area (Å²) in [6, 6.07) is 12.2. The van der Waals surface area contributed by atoms with Gasteiger partial charge in [-0.15, -0.1) is 0 Å². The van der Waals surface area contributed by atoms with E-state index in [1.165, 1.54) is 5.69 Å².